The number of carbonyl (C=O) groups is 3. The van der Waals surface area contributed by atoms with Crippen molar-refractivity contribution in [2.75, 3.05) is 13.2 Å². The summed E-state index contributed by atoms with van der Waals surface area (Å²) in [5, 5.41) is 0. The Morgan fingerprint density at radius 1 is 0.241 bits per heavy atom. The Hall–Kier alpha value is -2.37. The van der Waals surface area contributed by atoms with Crippen LogP contribution >= 0.6 is 0 Å². The Labute approximate surface area is 518 Å². The summed E-state index contributed by atoms with van der Waals surface area (Å²) in [6, 6.07) is 0. The normalized spacial score (nSPS) is 12.2. The summed E-state index contributed by atoms with van der Waals surface area (Å²) in [4.78, 5) is 38.4. The first kappa shape index (κ1) is 80.6. The average molecular weight is 1170 g/mol. The number of allylic oxidation sites excluding steroid dienone is 6. The molecule has 0 spiro atoms. The third kappa shape index (κ3) is 70.3. The van der Waals surface area contributed by atoms with Crippen LogP contribution in [0, 0.1) is 0 Å². The van der Waals surface area contributed by atoms with E-state index in [2.05, 4.69) is 57.2 Å². The van der Waals surface area contributed by atoms with Crippen molar-refractivity contribution in [3.05, 3.63) is 36.5 Å². The molecule has 488 valence electrons. The zero-order valence-electron chi connectivity index (χ0n) is 56.2. The second-order valence-electron chi connectivity index (χ2n) is 25.6. The van der Waals surface area contributed by atoms with Crippen molar-refractivity contribution in [2.45, 2.75) is 425 Å². The maximum Gasteiger partial charge on any atom is 0.306 e. The molecule has 0 radical (unpaired) electrons. The van der Waals surface area contributed by atoms with Crippen LogP contribution in [0.15, 0.2) is 36.5 Å². The van der Waals surface area contributed by atoms with Gasteiger partial charge in [-0.15, -0.1) is 0 Å². The van der Waals surface area contributed by atoms with Gasteiger partial charge in [0.1, 0.15) is 13.2 Å². The molecule has 0 aromatic heterocycles. The molecule has 1 atom stereocenters. The third-order valence-corrected chi connectivity index (χ3v) is 17.1. The summed E-state index contributed by atoms with van der Waals surface area (Å²) in [5.74, 6) is -0.849. The summed E-state index contributed by atoms with van der Waals surface area (Å²) in [6.07, 6.45) is 90.6. The predicted molar refractivity (Wildman–Crippen MR) is 362 cm³/mol. The SMILES string of the molecule is CCCC/C=C\CCCCCCCC(=O)OCC(COC(=O)CCCCCCCCCCCCCCCCC/C=C\C/C=C\CCCCCCC)OC(=O)CCCCCCCCCCCCCCCCCCCCCCCCCCCCC. The Morgan fingerprint density at radius 3 is 0.711 bits per heavy atom. The fourth-order valence-electron chi connectivity index (χ4n) is 11.5. The van der Waals surface area contributed by atoms with Gasteiger partial charge >= 0.3 is 17.9 Å². The molecule has 0 bridgehead atoms. The highest BCUT2D eigenvalue weighted by atomic mass is 16.6. The van der Waals surface area contributed by atoms with Gasteiger partial charge in [0, 0.05) is 19.3 Å². The van der Waals surface area contributed by atoms with Crippen LogP contribution < -0.4 is 0 Å². The van der Waals surface area contributed by atoms with Crippen molar-refractivity contribution in [1.29, 1.82) is 0 Å². The first-order valence-electron chi connectivity index (χ1n) is 37.5. The number of esters is 3. The van der Waals surface area contributed by atoms with Crippen LogP contribution in [0.3, 0.4) is 0 Å². The molecule has 0 saturated carbocycles. The lowest BCUT2D eigenvalue weighted by Gasteiger charge is -2.18. The quantitative estimate of drug-likeness (QED) is 0.0261. The molecular weight excluding hydrogens is 1020 g/mol. The minimum Gasteiger partial charge on any atom is -0.462 e. The minimum atomic E-state index is -0.773. The van der Waals surface area contributed by atoms with Gasteiger partial charge in [0.2, 0.25) is 0 Å². The highest BCUT2D eigenvalue weighted by molar-refractivity contribution is 5.71. The van der Waals surface area contributed by atoms with Gasteiger partial charge in [-0.25, -0.2) is 0 Å². The fraction of sp³-hybridized carbons (Fsp3) is 0.883. The topological polar surface area (TPSA) is 78.9 Å². The third-order valence-electron chi connectivity index (χ3n) is 17.1. The van der Waals surface area contributed by atoms with Crippen LogP contribution in [0.5, 0.6) is 0 Å². The number of hydrogen-bond donors (Lipinski definition) is 0. The molecule has 6 heteroatoms. The van der Waals surface area contributed by atoms with Gasteiger partial charge in [-0.2, -0.15) is 0 Å². The van der Waals surface area contributed by atoms with E-state index in [0.717, 1.165) is 70.6 Å². The van der Waals surface area contributed by atoms with Crippen molar-refractivity contribution in [2.24, 2.45) is 0 Å². The van der Waals surface area contributed by atoms with E-state index >= 15 is 0 Å². The van der Waals surface area contributed by atoms with E-state index in [9.17, 15) is 14.4 Å². The van der Waals surface area contributed by atoms with Gasteiger partial charge in [0.25, 0.3) is 0 Å². The largest absolute Gasteiger partial charge is 0.462 e. The lowest BCUT2D eigenvalue weighted by atomic mass is 10.0. The monoisotopic (exact) mass is 1170 g/mol. The van der Waals surface area contributed by atoms with E-state index in [-0.39, 0.29) is 31.1 Å². The Balaban J connectivity index is 4.13. The summed E-state index contributed by atoms with van der Waals surface area (Å²) in [7, 11) is 0. The predicted octanol–water partition coefficient (Wildman–Crippen LogP) is 25.9. The smallest absolute Gasteiger partial charge is 0.306 e. The number of carbonyl (C=O) groups excluding carboxylic acids is 3. The maximum absolute atomic E-state index is 13.0. The zero-order chi connectivity index (χ0) is 59.9. The second kappa shape index (κ2) is 72.1. The number of ether oxygens (including phenoxy) is 3. The molecule has 0 saturated heterocycles. The van der Waals surface area contributed by atoms with Gasteiger partial charge in [-0.05, 0) is 70.6 Å². The minimum absolute atomic E-state index is 0.0695. The molecule has 0 aromatic carbocycles. The molecule has 6 nitrogen and oxygen atoms in total. The van der Waals surface area contributed by atoms with Gasteiger partial charge < -0.3 is 14.2 Å². The molecule has 0 heterocycles. The zero-order valence-corrected chi connectivity index (χ0v) is 56.2. The number of hydrogen-bond acceptors (Lipinski definition) is 6. The molecule has 0 N–H and O–H groups in total. The van der Waals surface area contributed by atoms with Gasteiger partial charge in [0.05, 0.1) is 0 Å². The highest BCUT2D eigenvalue weighted by Crippen LogP contribution is 2.19. The lowest BCUT2D eigenvalue weighted by molar-refractivity contribution is -0.167. The van der Waals surface area contributed by atoms with Crippen molar-refractivity contribution in [1.82, 2.24) is 0 Å². The molecule has 1 unspecified atom stereocenters. The van der Waals surface area contributed by atoms with E-state index in [1.165, 1.54) is 308 Å². The van der Waals surface area contributed by atoms with Crippen molar-refractivity contribution >= 4 is 17.9 Å². The number of rotatable bonds is 70. The Kier molecular flexibility index (Phi) is 70.0. The molecule has 0 aliphatic heterocycles. The van der Waals surface area contributed by atoms with Crippen molar-refractivity contribution in [3.63, 3.8) is 0 Å². The van der Waals surface area contributed by atoms with Crippen LogP contribution in [-0.4, -0.2) is 37.2 Å². The summed E-state index contributed by atoms with van der Waals surface area (Å²) >= 11 is 0. The highest BCUT2D eigenvalue weighted by Gasteiger charge is 2.20. The molecule has 83 heavy (non-hydrogen) atoms. The van der Waals surface area contributed by atoms with Crippen molar-refractivity contribution in [3.8, 4) is 0 Å². The molecule has 0 aliphatic rings. The van der Waals surface area contributed by atoms with E-state index in [1.807, 2.05) is 0 Å². The molecule has 0 aromatic rings. The molecule has 0 rings (SSSR count). The lowest BCUT2D eigenvalue weighted by Crippen LogP contribution is -2.30. The van der Waals surface area contributed by atoms with Crippen LogP contribution in [0.25, 0.3) is 0 Å². The van der Waals surface area contributed by atoms with Gasteiger partial charge in [-0.1, -0.05) is 365 Å². The van der Waals surface area contributed by atoms with E-state index < -0.39 is 6.10 Å². The number of unbranched alkanes of at least 4 members (excludes halogenated alkanes) is 53. The van der Waals surface area contributed by atoms with E-state index in [0.29, 0.717) is 19.3 Å². The molecule has 0 aliphatic carbocycles. The van der Waals surface area contributed by atoms with E-state index in [4.69, 9.17) is 14.2 Å². The summed E-state index contributed by atoms with van der Waals surface area (Å²) in [6.45, 7) is 6.66. The van der Waals surface area contributed by atoms with Gasteiger partial charge in [-0.3, -0.25) is 14.4 Å². The van der Waals surface area contributed by atoms with Crippen LogP contribution in [0.4, 0.5) is 0 Å². The summed E-state index contributed by atoms with van der Waals surface area (Å²) in [5.41, 5.74) is 0. The fourth-order valence-corrected chi connectivity index (χ4v) is 11.5. The summed E-state index contributed by atoms with van der Waals surface area (Å²) < 4.78 is 17.0. The maximum atomic E-state index is 13.0. The first-order chi connectivity index (χ1) is 41.0. The average Bonchev–Trinajstić information content (AvgIpc) is 3.48. The Bertz CT molecular complexity index is 1380. The standard InChI is InChI=1S/C77H144O6/c1-4-7-10-13-16-19-22-24-26-28-30-32-34-36-38-40-42-44-46-48-50-52-55-58-61-64-67-70-76(79)82-73-74(72-81-75(78)69-66-63-60-57-54-21-18-15-12-9-6-3)83-77(80)71-68-65-62-59-56-53-51-49-47-45-43-41-39-37-35-33-31-29-27-25-23-20-17-14-11-8-5-2/h15,18,22,24,28,30,74H,4-14,16-17,19-21,23,25-27,29,31-73H2,1-3H3/b18-15-,24-22-,30-28-. The van der Waals surface area contributed by atoms with Crippen LogP contribution in [-0.2, 0) is 28.6 Å². The molecule has 0 fully saturated rings. The van der Waals surface area contributed by atoms with Crippen LogP contribution in [0.2, 0.25) is 0 Å². The van der Waals surface area contributed by atoms with Crippen LogP contribution in [0.1, 0.15) is 419 Å². The Morgan fingerprint density at radius 2 is 0.446 bits per heavy atom. The van der Waals surface area contributed by atoms with Crippen molar-refractivity contribution < 1.29 is 28.6 Å². The molecular formula is C77H144O6. The van der Waals surface area contributed by atoms with Gasteiger partial charge in [0.15, 0.2) is 6.10 Å². The van der Waals surface area contributed by atoms with E-state index in [1.54, 1.807) is 0 Å². The molecule has 0 amide bonds. The second-order valence-corrected chi connectivity index (χ2v) is 25.6. The first-order valence-corrected chi connectivity index (χ1v) is 37.5.